The molecule has 1 heterocycles. The van der Waals surface area contributed by atoms with E-state index in [1.807, 2.05) is 24.3 Å². The van der Waals surface area contributed by atoms with Gasteiger partial charge in [0.15, 0.2) is 0 Å². The molecule has 0 bridgehead atoms. The molecule has 0 amide bonds. The molecule has 1 unspecified atom stereocenters. The lowest BCUT2D eigenvalue weighted by Gasteiger charge is -2.40. The topological polar surface area (TPSA) is 73.6 Å². The number of benzene rings is 2. The molecule has 1 atom stereocenters. The first-order chi connectivity index (χ1) is 12.7. The van der Waals surface area contributed by atoms with Gasteiger partial charge in [0.2, 0.25) is 6.49 Å². The van der Waals surface area contributed by atoms with Crippen molar-refractivity contribution in [1.82, 2.24) is 0 Å². The Morgan fingerprint density at radius 2 is 1.70 bits per heavy atom. The van der Waals surface area contributed by atoms with Gasteiger partial charge >= 0.3 is 0 Å². The number of rotatable bonds is 5. The maximum atomic E-state index is 11.0. The van der Waals surface area contributed by atoms with Crippen LogP contribution >= 0.6 is 22.4 Å². The fourth-order valence-corrected chi connectivity index (χ4v) is 5.96. The summed E-state index contributed by atoms with van der Waals surface area (Å²) in [6.45, 7) is 2.45. The summed E-state index contributed by atoms with van der Waals surface area (Å²) >= 11 is 9.25. The molecule has 0 radical (unpaired) electrons. The predicted molar refractivity (Wildman–Crippen MR) is 114 cm³/mol. The molecule has 0 aliphatic carbocycles. The van der Waals surface area contributed by atoms with Gasteiger partial charge in [0.1, 0.15) is 5.78 Å². The van der Waals surface area contributed by atoms with E-state index >= 15 is 0 Å². The summed E-state index contributed by atoms with van der Waals surface area (Å²) in [5, 5.41) is 14.4. The number of anilines is 1. The van der Waals surface area contributed by atoms with Crippen LogP contribution in [0.4, 0.5) is 11.4 Å². The van der Waals surface area contributed by atoms with Gasteiger partial charge < -0.3 is 14.4 Å². The smallest absolute Gasteiger partial charge is 0.269 e. The van der Waals surface area contributed by atoms with Crippen molar-refractivity contribution in [3.63, 3.8) is 0 Å². The highest BCUT2D eigenvalue weighted by Crippen LogP contribution is 2.64. The number of halogens is 1. The number of non-ortho nitro benzene ring substituents is 1. The number of hydrogen-bond donors (Lipinski definition) is 1. The van der Waals surface area contributed by atoms with Crippen LogP contribution in [0.5, 0.6) is 0 Å². The van der Waals surface area contributed by atoms with Crippen LogP contribution in [0.25, 0.3) is 0 Å². The molecule has 2 aromatic carbocycles. The summed E-state index contributed by atoms with van der Waals surface area (Å²) in [6, 6.07) is 14.1. The van der Waals surface area contributed by atoms with Gasteiger partial charge in [-0.3, -0.25) is 10.1 Å². The Bertz CT molecular complexity index is 860. The van der Waals surface area contributed by atoms with Crippen LogP contribution in [0, 0.1) is 15.5 Å². The molecule has 1 fully saturated rings. The molecule has 3 rings (SSSR count). The highest BCUT2D eigenvalue weighted by Gasteiger charge is 2.40. The van der Waals surface area contributed by atoms with Crippen LogP contribution in [-0.2, 0) is 20.9 Å². The van der Waals surface area contributed by atoms with Gasteiger partial charge in [0.05, 0.1) is 18.1 Å². The van der Waals surface area contributed by atoms with Crippen LogP contribution < -0.4 is 5.32 Å². The van der Waals surface area contributed by atoms with Gasteiger partial charge in [-0.25, -0.2) is 0 Å². The normalized spacial score (nSPS) is 19.2. The van der Waals surface area contributed by atoms with Crippen molar-refractivity contribution in [3.05, 3.63) is 68.7 Å². The van der Waals surface area contributed by atoms with Crippen molar-refractivity contribution < 1.29 is 14.0 Å². The molecule has 1 N–H and O–H groups in total. The Kier molecular flexibility index (Phi) is 6.03. The minimum atomic E-state index is -2.70. The van der Waals surface area contributed by atoms with E-state index in [2.05, 4.69) is 35.1 Å². The second-order valence-electron chi connectivity index (χ2n) is 7.15. The van der Waals surface area contributed by atoms with E-state index < -0.39 is 17.2 Å². The monoisotopic (exact) mass is 470 g/mol. The molecule has 27 heavy (non-hydrogen) atoms. The summed E-state index contributed by atoms with van der Waals surface area (Å²) in [5.74, 6) is -0.412. The molecule has 0 saturated carbocycles. The predicted octanol–water partition coefficient (Wildman–Crippen LogP) is 5.85. The molecule has 144 valence electrons. The minimum Gasteiger partial charge on any atom is -0.370 e. The van der Waals surface area contributed by atoms with E-state index in [4.69, 9.17) is 20.9 Å². The second kappa shape index (κ2) is 7.97. The average molecular weight is 471 g/mol. The molecule has 6 nitrogen and oxygen atoms in total. The Morgan fingerprint density at radius 1 is 1.15 bits per heavy atom. The number of hydrogen-bond acceptors (Lipinski definition) is 6. The summed E-state index contributed by atoms with van der Waals surface area (Å²) in [6.07, 6.45) is 0. The molecule has 2 aromatic rings. The van der Waals surface area contributed by atoms with Crippen LogP contribution in [0.2, 0.25) is 0 Å². The lowest BCUT2D eigenvalue weighted by atomic mass is 9.97. The number of nitro groups is 1. The molecular weight excluding hydrogens is 451 g/mol. The Labute approximate surface area is 171 Å². The van der Waals surface area contributed by atoms with Crippen LogP contribution in [0.15, 0.2) is 53.0 Å². The van der Waals surface area contributed by atoms with Crippen molar-refractivity contribution >= 4 is 45.6 Å². The van der Waals surface area contributed by atoms with Crippen molar-refractivity contribution in [2.45, 2.75) is 19.6 Å². The summed E-state index contributed by atoms with van der Waals surface area (Å²) < 4.78 is 13.1. The van der Waals surface area contributed by atoms with Crippen LogP contribution in [-0.4, -0.2) is 18.1 Å². The highest BCUT2D eigenvalue weighted by molar-refractivity contribution is 9.10. The van der Waals surface area contributed by atoms with Crippen molar-refractivity contribution in [1.29, 1.82) is 0 Å². The fourth-order valence-electron chi connectivity index (χ4n) is 2.58. The zero-order valence-electron chi connectivity index (χ0n) is 14.9. The molecular formula is C18H20BrN2O4PS. The largest absolute Gasteiger partial charge is 0.370 e. The minimum absolute atomic E-state index is 0.0320. The summed E-state index contributed by atoms with van der Waals surface area (Å²) in [7, 11) is 0. The Morgan fingerprint density at radius 3 is 2.22 bits per heavy atom. The lowest BCUT2D eigenvalue weighted by molar-refractivity contribution is -0.384. The third-order valence-electron chi connectivity index (χ3n) is 4.15. The van der Waals surface area contributed by atoms with E-state index in [-0.39, 0.29) is 11.1 Å². The van der Waals surface area contributed by atoms with E-state index in [0.29, 0.717) is 13.2 Å². The molecule has 0 spiro atoms. The standard InChI is InChI=1S/C18H20BrN2O4PS/c1-18(2)11-24-26(27,25-12-18)17(20-15-7-5-14(19)6-8-15)13-3-9-16(10-4-13)21(22)23/h3-10,17,20H,11-12H2,1-2H3. The molecule has 1 aliphatic rings. The zero-order chi connectivity index (χ0) is 19.7. The van der Waals surface area contributed by atoms with Crippen molar-refractivity contribution in [3.8, 4) is 0 Å². The van der Waals surface area contributed by atoms with Crippen molar-refractivity contribution in [2.75, 3.05) is 18.5 Å². The van der Waals surface area contributed by atoms with Gasteiger partial charge in [-0.15, -0.1) is 0 Å². The summed E-state index contributed by atoms with van der Waals surface area (Å²) in [5.41, 5.74) is 1.60. The van der Waals surface area contributed by atoms with Gasteiger partial charge in [0, 0.05) is 27.7 Å². The molecule has 9 heteroatoms. The number of nitro benzene ring substituents is 1. The number of nitrogens with one attached hydrogen (secondary N) is 1. The number of nitrogens with zero attached hydrogens (tertiary/aromatic N) is 1. The average Bonchev–Trinajstić information content (AvgIpc) is 2.64. The van der Waals surface area contributed by atoms with E-state index in [1.165, 1.54) is 12.1 Å². The van der Waals surface area contributed by atoms with E-state index in [1.54, 1.807) is 12.1 Å². The first-order valence-corrected chi connectivity index (χ1v) is 11.8. The van der Waals surface area contributed by atoms with Crippen LogP contribution in [0.3, 0.4) is 0 Å². The van der Waals surface area contributed by atoms with Crippen LogP contribution in [0.1, 0.15) is 25.2 Å². The molecule has 1 aliphatic heterocycles. The molecule has 1 saturated heterocycles. The lowest BCUT2D eigenvalue weighted by Crippen LogP contribution is -2.31. The Balaban J connectivity index is 1.94. The summed E-state index contributed by atoms with van der Waals surface area (Å²) in [4.78, 5) is 10.5. The van der Waals surface area contributed by atoms with Gasteiger partial charge in [-0.1, -0.05) is 29.8 Å². The third-order valence-corrected chi connectivity index (χ3v) is 7.99. The van der Waals surface area contributed by atoms with Crippen molar-refractivity contribution in [2.24, 2.45) is 5.41 Å². The second-order valence-corrected chi connectivity index (χ2v) is 11.7. The highest BCUT2D eigenvalue weighted by atomic mass is 79.9. The fraction of sp³-hybridized carbons (Fsp3) is 0.333. The first-order valence-electron chi connectivity index (χ1n) is 8.34. The van der Waals surface area contributed by atoms with E-state index in [9.17, 15) is 10.1 Å². The van der Waals surface area contributed by atoms with Gasteiger partial charge in [0.25, 0.3) is 5.69 Å². The quantitative estimate of drug-likeness (QED) is 0.335. The first kappa shape index (κ1) is 20.4. The molecule has 0 aromatic heterocycles. The SMILES string of the molecule is CC1(C)COP(=S)(C(Nc2ccc(Br)cc2)c2ccc([N+](=O)[O-])cc2)OC1. The zero-order valence-corrected chi connectivity index (χ0v) is 18.2. The van der Waals surface area contributed by atoms with Gasteiger partial charge in [-0.05, 0) is 53.8 Å². The maximum Gasteiger partial charge on any atom is 0.269 e. The Hall–Kier alpha value is -1.31. The third kappa shape index (κ3) is 4.95. The van der Waals surface area contributed by atoms with Gasteiger partial charge in [-0.2, -0.15) is 0 Å². The maximum absolute atomic E-state index is 11.0. The van der Waals surface area contributed by atoms with E-state index in [0.717, 1.165) is 15.7 Å².